The van der Waals surface area contributed by atoms with Gasteiger partial charge in [0.15, 0.2) is 6.10 Å². The summed E-state index contributed by atoms with van der Waals surface area (Å²) in [7, 11) is 0. The van der Waals surface area contributed by atoms with Crippen LogP contribution in [0.2, 0.25) is 0 Å². The normalized spacial score (nSPS) is 12.4. The van der Waals surface area contributed by atoms with Crippen LogP contribution in [0.4, 0.5) is 0 Å². The van der Waals surface area contributed by atoms with E-state index in [1.165, 1.54) is 0 Å². The van der Waals surface area contributed by atoms with E-state index in [2.05, 4.69) is 0 Å². The average molecular weight is 208 g/mol. The molecule has 82 valence electrons. The first-order valence-electron chi connectivity index (χ1n) is 5.04. The van der Waals surface area contributed by atoms with E-state index in [0.717, 1.165) is 11.1 Å². The number of rotatable bonds is 5. The molecule has 0 saturated carbocycles. The zero-order chi connectivity index (χ0) is 11.3. The SMILES string of the molecule is CCOC(Cc1ccccc1C)C(=O)O. The van der Waals surface area contributed by atoms with Crippen LogP contribution in [-0.4, -0.2) is 23.8 Å². The summed E-state index contributed by atoms with van der Waals surface area (Å²) in [6.45, 7) is 4.19. The van der Waals surface area contributed by atoms with Gasteiger partial charge in [-0.15, -0.1) is 0 Å². The zero-order valence-corrected chi connectivity index (χ0v) is 9.06. The maximum Gasteiger partial charge on any atom is 0.333 e. The van der Waals surface area contributed by atoms with Crippen molar-refractivity contribution in [3.05, 3.63) is 35.4 Å². The Bertz CT molecular complexity index is 333. The molecule has 0 aliphatic heterocycles. The van der Waals surface area contributed by atoms with Crippen molar-refractivity contribution in [1.82, 2.24) is 0 Å². The lowest BCUT2D eigenvalue weighted by Gasteiger charge is -2.13. The van der Waals surface area contributed by atoms with Crippen molar-refractivity contribution in [3.8, 4) is 0 Å². The second-order valence-corrected chi connectivity index (χ2v) is 3.41. The van der Waals surface area contributed by atoms with Crippen molar-refractivity contribution in [2.45, 2.75) is 26.4 Å². The molecule has 0 fully saturated rings. The fraction of sp³-hybridized carbons (Fsp3) is 0.417. The number of carboxylic acid groups (broad SMARTS) is 1. The lowest BCUT2D eigenvalue weighted by molar-refractivity contribution is -0.149. The molecule has 1 unspecified atom stereocenters. The van der Waals surface area contributed by atoms with E-state index in [1.54, 1.807) is 6.92 Å². The van der Waals surface area contributed by atoms with E-state index in [4.69, 9.17) is 9.84 Å². The molecule has 1 atom stereocenters. The Morgan fingerprint density at radius 1 is 1.47 bits per heavy atom. The molecule has 0 aliphatic rings. The number of benzene rings is 1. The van der Waals surface area contributed by atoms with Gasteiger partial charge in [-0.1, -0.05) is 24.3 Å². The minimum Gasteiger partial charge on any atom is -0.479 e. The highest BCUT2D eigenvalue weighted by atomic mass is 16.5. The number of aliphatic carboxylic acids is 1. The Kier molecular flexibility index (Phi) is 4.31. The first-order chi connectivity index (χ1) is 7.15. The third kappa shape index (κ3) is 3.36. The second-order valence-electron chi connectivity index (χ2n) is 3.41. The van der Waals surface area contributed by atoms with Crippen molar-refractivity contribution in [2.75, 3.05) is 6.61 Å². The third-order valence-electron chi connectivity index (χ3n) is 2.31. The van der Waals surface area contributed by atoms with Gasteiger partial charge >= 0.3 is 5.97 Å². The predicted molar refractivity (Wildman–Crippen MR) is 57.9 cm³/mol. The molecule has 1 N–H and O–H groups in total. The molecule has 3 nitrogen and oxygen atoms in total. The van der Waals surface area contributed by atoms with Crippen LogP contribution in [0.5, 0.6) is 0 Å². The van der Waals surface area contributed by atoms with Crippen LogP contribution < -0.4 is 0 Å². The van der Waals surface area contributed by atoms with Crippen LogP contribution in [0.1, 0.15) is 18.1 Å². The van der Waals surface area contributed by atoms with Gasteiger partial charge in [-0.25, -0.2) is 4.79 Å². The number of carbonyl (C=O) groups is 1. The highest BCUT2D eigenvalue weighted by Gasteiger charge is 2.18. The summed E-state index contributed by atoms with van der Waals surface area (Å²) in [5, 5.41) is 8.93. The Hall–Kier alpha value is -1.35. The topological polar surface area (TPSA) is 46.5 Å². The second kappa shape index (κ2) is 5.51. The van der Waals surface area contributed by atoms with E-state index in [9.17, 15) is 4.79 Å². The molecule has 0 aliphatic carbocycles. The number of aryl methyl sites for hydroxylation is 1. The molecule has 0 saturated heterocycles. The maximum atomic E-state index is 10.9. The Balaban J connectivity index is 2.74. The van der Waals surface area contributed by atoms with Crippen molar-refractivity contribution in [2.24, 2.45) is 0 Å². The van der Waals surface area contributed by atoms with Gasteiger partial charge < -0.3 is 9.84 Å². The number of carboxylic acids is 1. The van der Waals surface area contributed by atoms with Gasteiger partial charge in [-0.3, -0.25) is 0 Å². The van der Waals surface area contributed by atoms with Crippen LogP contribution >= 0.6 is 0 Å². The summed E-state index contributed by atoms with van der Waals surface area (Å²) in [5.74, 6) is -0.903. The van der Waals surface area contributed by atoms with Crippen LogP contribution in [0.3, 0.4) is 0 Å². The molecule has 0 amide bonds. The summed E-state index contributed by atoms with van der Waals surface area (Å²) >= 11 is 0. The minimum absolute atomic E-state index is 0.419. The molecule has 3 heteroatoms. The number of hydrogen-bond acceptors (Lipinski definition) is 2. The largest absolute Gasteiger partial charge is 0.479 e. The van der Waals surface area contributed by atoms with E-state index >= 15 is 0 Å². The van der Waals surface area contributed by atoms with Crippen LogP contribution in [0.15, 0.2) is 24.3 Å². The lowest BCUT2D eigenvalue weighted by atomic mass is 10.0. The minimum atomic E-state index is -0.903. The average Bonchev–Trinajstić information content (AvgIpc) is 2.20. The number of hydrogen-bond donors (Lipinski definition) is 1. The van der Waals surface area contributed by atoms with Crippen LogP contribution in [0, 0.1) is 6.92 Å². The fourth-order valence-electron chi connectivity index (χ4n) is 1.46. The molecular formula is C12H16O3. The molecule has 1 rings (SSSR count). The van der Waals surface area contributed by atoms with Gasteiger partial charge in [0.1, 0.15) is 0 Å². The zero-order valence-electron chi connectivity index (χ0n) is 9.06. The molecule has 0 spiro atoms. The summed E-state index contributed by atoms with van der Waals surface area (Å²) in [4.78, 5) is 10.9. The number of ether oxygens (including phenoxy) is 1. The fourth-order valence-corrected chi connectivity index (χ4v) is 1.46. The van der Waals surface area contributed by atoms with Crippen LogP contribution in [0.25, 0.3) is 0 Å². The lowest BCUT2D eigenvalue weighted by Crippen LogP contribution is -2.26. The molecule has 0 bridgehead atoms. The smallest absolute Gasteiger partial charge is 0.333 e. The molecular weight excluding hydrogens is 192 g/mol. The molecule has 0 aromatic heterocycles. The monoisotopic (exact) mass is 208 g/mol. The Labute approximate surface area is 89.7 Å². The van der Waals surface area contributed by atoms with E-state index in [0.29, 0.717) is 13.0 Å². The Morgan fingerprint density at radius 3 is 2.67 bits per heavy atom. The first-order valence-corrected chi connectivity index (χ1v) is 5.04. The van der Waals surface area contributed by atoms with E-state index in [-0.39, 0.29) is 0 Å². The van der Waals surface area contributed by atoms with Gasteiger partial charge in [0.2, 0.25) is 0 Å². The summed E-state index contributed by atoms with van der Waals surface area (Å²) in [5.41, 5.74) is 2.13. The highest BCUT2D eigenvalue weighted by molar-refractivity contribution is 5.72. The van der Waals surface area contributed by atoms with Crippen LogP contribution in [-0.2, 0) is 16.0 Å². The van der Waals surface area contributed by atoms with Crippen molar-refractivity contribution >= 4 is 5.97 Å². The van der Waals surface area contributed by atoms with Crippen molar-refractivity contribution in [1.29, 1.82) is 0 Å². The Morgan fingerprint density at radius 2 is 2.13 bits per heavy atom. The highest BCUT2D eigenvalue weighted by Crippen LogP contribution is 2.11. The molecule has 15 heavy (non-hydrogen) atoms. The standard InChI is InChI=1S/C12H16O3/c1-3-15-11(12(13)14)8-10-7-5-4-6-9(10)2/h4-7,11H,3,8H2,1-2H3,(H,13,14). The summed E-state index contributed by atoms with van der Waals surface area (Å²) < 4.78 is 5.16. The maximum absolute atomic E-state index is 10.9. The molecule has 1 aromatic carbocycles. The van der Waals surface area contributed by atoms with Gasteiger partial charge in [0.25, 0.3) is 0 Å². The first kappa shape index (κ1) is 11.7. The molecule has 0 heterocycles. The summed E-state index contributed by atoms with van der Waals surface area (Å²) in [6.07, 6.45) is -0.313. The van der Waals surface area contributed by atoms with E-state index < -0.39 is 12.1 Å². The molecule has 1 aromatic rings. The van der Waals surface area contributed by atoms with E-state index in [1.807, 2.05) is 31.2 Å². The van der Waals surface area contributed by atoms with Gasteiger partial charge in [0, 0.05) is 13.0 Å². The molecule has 0 radical (unpaired) electrons. The van der Waals surface area contributed by atoms with Gasteiger partial charge in [-0.2, -0.15) is 0 Å². The van der Waals surface area contributed by atoms with Crippen molar-refractivity contribution < 1.29 is 14.6 Å². The van der Waals surface area contributed by atoms with Crippen molar-refractivity contribution in [3.63, 3.8) is 0 Å². The quantitative estimate of drug-likeness (QED) is 0.805. The third-order valence-corrected chi connectivity index (χ3v) is 2.31. The summed E-state index contributed by atoms with van der Waals surface area (Å²) in [6, 6.07) is 7.76. The van der Waals surface area contributed by atoms with Gasteiger partial charge in [0.05, 0.1) is 0 Å². The predicted octanol–water partition coefficient (Wildman–Crippen LogP) is 2.03. The van der Waals surface area contributed by atoms with Gasteiger partial charge in [-0.05, 0) is 25.0 Å².